The van der Waals surface area contributed by atoms with Gasteiger partial charge in [-0.15, -0.1) is 0 Å². The first-order valence-corrected chi connectivity index (χ1v) is 3.16. The Kier molecular flexibility index (Phi) is 4.88. The standard InChI is InChI=1S/C4H10.C3H4N2/c1-4(2)3;1-2-5-3-4-1/h4H,1-3H3;1-3H,(H,4,5). The van der Waals surface area contributed by atoms with Crippen LogP contribution in [-0.2, 0) is 0 Å². The molecule has 9 heavy (non-hydrogen) atoms. The van der Waals surface area contributed by atoms with Gasteiger partial charge in [0.2, 0.25) is 0 Å². The molecule has 52 valence electrons. The van der Waals surface area contributed by atoms with Gasteiger partial charge in [-0.05, 0) is 5.92 Å². The molecule has 0 atom stereocenters. The van der Waals surface area contributed by atoms with Crippen LogP contribution in [0.15, 0.2) is 18.7 Å². The topological polar surface area (TPSA) is 28.7 Å². The quantitative estimate of drug-likeness (QED) is 0.566. The SMILES string of the molecule is CC(C)C.c1c[nH]cn1. The summed E-state index contributed by atoms with van der Waals surface area (Å²) in [5.74, 6) is 0.833. The fraction of sp³-hybridized carbons (Fsp3) is 0.571. The van der Waals surface area contributed by atoms with Gasteiger partial charge in [0.15, 0.2) is 0 Å². The van der Waals surface area contributed by atoms with E-state index in [4.69, 9.17) is 0 Å². The largest absolute Gasteiger partial charge is 0.351 e. The molecule has 0 fully saturated rings. The van der Waals surface area contributed by atoms with Crippen LogP contribution in [-0.4, -0.2) is 9.97 Å². The Balaban J connectivity index is 0.000000148. The van der Waals surface area contributed by atoms with Gasteiger partial charge in [0.1, 0.15) is 0 Å². The average molecular weight is 126 g/mol. The molecule has 0 spiro atoms. The molecule has 1 aromatic heterocycles. The minimum Gasteiger partial charge on any atom is -0.351 e. The van der Waals surface area contributed by atoms with Gasteiger partial charge in [-0.1, -0.05) is 20.8 Å². The molecule has 0 unspecified atom stereocenters. The summed E-state index contributed by atoms with van der Waals surface area (Å²) in [6.07, 6.45) is 5.08. The van der Waals surface area contributed by atoms with Gasteiger partial charge >= 0.3 is 0 Å². The molecule has 2 heteroatoms. The van der Waals surface area contributed by atoms with Gasteiger partial charge in [-0.2, -0.15) is 0 Å². The molecule has 0 aliphatic carbocycles. The van der Waals surface area contributed by atoms with E-state index in [1.165, 1.54) is 0 Å². The minimum atomic E-state index is 0.833. The van der Waals surface area contributed by atoms with E-state index >= 15 is 0 Å². The Morgan fingerprint density at radius 2 is 1.89 bits per heavy atom. The second-order valence-electron chi connectivity index (χ2n) is 2.49. The van der Waals surface area contributed by atoms with Crippen LogP contribution in [0.4, 0.5) is 0 Å². The summed E-state index contributed by atoms with van der Waals surface area (Å²) in [4.78, 5) is 6.42. The lowest BCUT2D eigenvalue weighted by Crippen LogP contribution is -1.66. The van der Waals surface area contributed by atoms with E-state index in [2.05, 4.69) is 30.7 Å². The van der Waals surface area contributed by atoms with Crippen molar-refractivity contribution >= 4 is 0 Å². The van der Waals surface area contributed by atoms with Crippen molar-refractivity contribution in [1.82, 2.24) is 9.97 Å². The number of aromatic nitrogens is 2. The lowest BCUT2D eigenvalue weighted by Gasteiger charge is -1.79. The fourth-order valence-corrected chi connectivity index (χ4v) is 0.215. The Bertz CT molecular complexity index is 90.5. The van der Waals surface area contributed by atoms with E-state index < -0.39 is 0 Å². The number of hydrogen-bond donors (Lipinski definition) is 1. The summed E-state index contributed by atoms with van der Waals surface area (Å²) >= 11 is 0. The van der Waals surface area contributed by atoms with Gasteiger partial charge < -0.3 is 4.98 Å². The zero-order valence-electron chi connectivity index (χ0n) is 6.26. The normalized spacial score (nSPS) is 8.44. The number of nitrogens with one attached hydrogen (secondary N) is 1. The van der Waals surface area contributed by atoms with Crippen molar-refractivity contribution in [3.63, 3.8) is 0 Å². The van der Waals surface area contributed by atoms with E-state index in [9.17, 15) is 0 Å². The fourth-order valence-electron chi connectivity index (χ4n) is 0.215. The third kappa shape index (κ3) is 11.0. The van der Waals surface area contributed by atoms with E-state index in [0.717, 1.165) is 5.92 Å². The van der Waals surface area contributed by atoms with Gasteiger partial charge in [-0.3, -0.25) is 0 Å². The number of hydrogen-bond acceptors (Lipinski definition) is 1. The zero-order valence-corrected chi connectivity index (χ0v) is 6.26. The summed E-state index contributed by atoms with van der Waals surface area (Å²) in [6, 6.07) is 0. The van der Waals surface area contributed by atoms with Crippen LogP contribution in [0.1, 0.15) is 20.8 Å². The number of aromatic amines is 1. The average Bonchev–Trinajstić information content (AvgIpc) is 2.11. The molecule has 1 heterocycles. The molecular weight excluding hydrogens is 112 g/mol. The van der Waals surface area contributed by atoms with Gasteiger partial charge in [0, 0.05) is 12.4 Å². The highest BCUT2D eigenvalue weighted by molar-refractivity contribution is 4.64. The van der Waals surface area contributed by atoms with Crippen molar-refractivity contribution in [1.29, 1.82) is 0 Å². The first-order valence-electron chi connectivity index (χ1n) is 3.16. The second kappa shape index (κ2) is 5.35. The Labute approximate surface area is 56.3 Å². The van der Waals surface area contributed by atoms with Crippen LogP contribution in [0, 0.1) is 5.92 Å². The van der Waals surface area contributed by atoms with Crippen LogP contribution in [0.5, 0.6) is 0 Å². The molecule has 0 amide bonds. The molecule has 0 radical (unpaired) electrons. The predicted molar refractivity (Wildman–Crippen MR) is 39.1 cm³/mol. The Morgan fingerprint density at radius 1 is 1.33 bits per heavy atom. The molecule has 1 rings (SSSR count). The maximum atomic E-state index is 3.67. The summed E-state index contributed by atoms with van der Waals surface area (Å²) in [5.41, 5.74) is 0. The summed E-state index contributed by atoms with van der Waals surface area (Å²) in [7, 11) is 0. The summed E-state index contributed by atoms with van der Waals surface area (Å²) in [6.45, 7) is 6.50. The van der Waals surface area contributed by atoms with E-state index in [0.29, 0.717) is 0 Å². The van der Waals surface area contributed by atoms with Crippen LogP contribution < -0.4 is 0 Å². The van der Waals surface area contributed by atoms with Crippen molar-refractivity contribution in [3.05, 3.63) is 18.7 Å². The zero-order chi connectivity index (χ0) is 7.11. The molecular formula is C7H14N2. The van der Waals surface area contributed by atoms with Crippen molar-refractivity contribution in [2.45, 2.75) is 20.8 Å². The maximum Gasteiger partial charge on any atom is 0.0919 e. The van der Waals surface area contributed by atoms with Crippen LogP contribution in [0.25, 0.3) is 0 Å². The lowest BCUT2D eigenvalue weighted by atomic mass is 10.3. The maximum absolute atomic E-state index is 3.67. The molecule has 0 saturated heterocycles. The monoisotopic (exact) mass is 126 g/mol. The number of nitrogens with zero attached hydrogens (tertiary/aromatic N) is 1. The molecule has 2 nitrogen and oxygen atoms in total. The lowest BCUT2D eigenvalue weighted by molar-refractivity contribution is 0.737. The predicted octanol–water partition coefficient (Wildman–Crippen LogP) is 2.07. The van der Waals surface area contributed by atoms with Gasteiger partial charge in [0.05, 0.1) is 6.33 Å². The number of rotatable bonds is 0. The second-order valence-corrected chi connectivity index (χ2v) is 2.49. The number of H-pyrrole nitrogens is 1. The number of imidazole rings is 1. The summed E-state index contributed by atoms with van der Waals surface area (Å²) in [5, 5.41) is 0. The van der Waals surface area contributed by atoms with Crippen LogP contribution in [0.2, 0.25) is 0 Å². The Hall–Kier alpha value is -0.790. The Morgan fingerprint density at radius 3 is 2.00 bits per heavy atom. The van der Waals surface area contributed by atoms with E-state index in [-0.39, 0.29) is 0 Å². The van der Waals surface area contributed by atoms with Gasteiger partial charge in [-0.25, -0.2) is 4.98 Å². The van der Waals surface area contributed by atoms with Gasteiger partial charge in [0.25, 0.3) is 0 Å². The molecule has 1 aromatic rings. The molecule has 0 aliphatic rings. The van der Waals surface area contributed by atoms with Crippen molar-refractivity contribution in [3.8, 4) is 0 Å². The highest BCUT2D eigenvalue weighted by Gasteiger charge is 1.68. The first-order chi connectivity index (χ1) is 4.23. The first kappa shape index (κ1) is 8.21. The molecule has 0 saturated carbocycles. The smallest absolute Gasteiger partial charge is 0.0919 e. The van der Waals surface area contributed by atoms with Crippen molar-refractivity contribution in [2.75, 3.05) is 0 Å². The molecule has 0 bridgehead atoms. The van der Waals surface area contributed by atoms with E-state index in [1.807, 2.05) is 0 Å². The third-order valence-corrected chi connectivity index (χ3v) is 0.406. The molecule has 0 aliphatic heterocycles. The highest BCUT2D eigenvalue weighted by atomic mass is 14.8. The third-order valence-electron chi connectivity index (χ3n) is 0.406. The van der Waals surface area contributed by atoms with Crippen LogP contribution in [0.3, 0.4) is 0 Å². The summed E-state index contributed by atoms with van der Waals surface area (Å²) < 4.78 is 0. The molecule has 1 N–H and O–H groups in total. The van der Waals surface area contributed by atoms with Crippen molar-refractivity contribution in [2.24, 2.45) is 5.92 Å². The molecule has 0 aromatic carbocycles. The highest BCUT2D eigenvalue weighted by Crippen LogP contribution is 1.81. The van der Waals surface area contributed by atoms with Crippen LogP contribution >= 0.6 is 0 Å². The van der Waals surface area contributed by atoms with Crippen molar-refractivity contribution < 1.29 is 0 Å². The minimum absolute atomic E-state index is 0.833. The van der Waals surface area contributed by atoms with E-state index in [1.54, 1.807) is 18.7 Å².